The first-order valence-corrected chi connectivity index (χ1v) is 6.27. The molecule has 0 aliphatic heterocycles. The van der Waals surface area contributed by atoms with Crippen LogP contribution in [0.2, 0.25) is 0 Å². The number of benzene rings is 1. The third-order valence-corrected chi connectivity index (χ3v) is 2.49. The van der Waals surface area contributed by atoms with E-state index >= 15 is 0 Å². The Morgan fingerprint density at radius 1 is 1.26 bits per heavy atom. The maximum atomic E-state index is 11.9. The van der Waals surface area contributed by atoms with Gasteiger partial charge < -0.3 is 15.3 Å². The number of carbonyl (C=O) groups is 2. The van der Waals surface area contributed by atoms with E-state index in [0.29, 0.717) is 13.1 Å². The maximum Gasteiger partial charge on any atom is 0.323 e. The van der Waals surface area contributed by atoms with Crippen molar-refractivity contribution >= 4 is 12.0 Å². The molecule has 2 amide bonds. The summed E-state index contributed by atoms with van der Waals surface area (Å²) in [6.07, 6.45) is 0. The predicted octanol–water partition coefficient (Wildman–Crippen LogP) is 1.94. The second-order valence-electron chi connectivity index (χ2n) is 4.81. The van der Waals surface area contributed by atoms with Crippen molar-refractivity contribution in [2.45, 2.75) is 20.4 Å². The van der Waals surface area contributed by atoms with Crippen molar-refractivity contribution in [3.05, 3.63) is 35.9 Å². The van der Waals surface area contributed by atoms with Gasteiger partial charge in [-0.2, -0.15) is 0 Å². The minimum atomic E-state index is -1.00. The van der Waals surface area contributed by atoms with Gasteiger partial charge in [-0.15, -0.1) is 0 Å². The number of hydrogen-bond acceptors (Lipinski definition) is 2. The number of carboxylic acid groups (broad SMARTS) is 1. The molecule has 0 aliphatic carbocycles. The fourth-order valence-corrected chi connectivity index (χ4v) is 1.71. The molecule has 5 heteroatoms. The number of aliphatic carboxylic acids is 1. The summed E-state index contributed by atoms with van der Waals surface area (Å²) in [7, 11) is 0. The molecule has 0 aliphatic rings. The zero-order valence-electron chi connectivity index (χ0n) is 11.3. The number of amides is 2. The first-order valence-electron chi connectivity index (χ1n) is 6.27. The van der Waals surface area contributed by atoms with Gasteiger partial charge in [-0.25, -0.2) is 4.79 Å². The van der Waals surface area contributed by atoms with Crippen molar-refractivity contribution in [1.29, 1.82) is 0 Å². The van der Waals surface area contributed by atoms with Crippen LogP contribution < -0.4 is 5.32 Å². The van der Waals surface area contributed by atoms with Gasteiger partial charge in [-0.3, -0.25) is 4.79 Å². The molecule has 0 heterocycles. The van der Waals surface area contributed by atoms with Crippen molar-refractivity contribution in [2.75, 3.05) is 13.1 Å². The zero-order chi connectivity index (χ0) is 14.3. The van der Waals surface area contributed by atoms with Gasteiger partial charge in [0.05, 0.1) is 0 Å². The van der Waals surface area contributed by atoms with Crippen molar-refractivity contribution in [3.8, 4) is 0 Å². The lowest BCUT2D eigenvalue weighted by molar-refractivity contribution is -0.137. The second-order valence-corrected chi connectivity index (χ2v) is 4.81. The summed E-state index contributed by atoms with van der Waals surface area (Å²) in [5.74, 6) is -0.780. The average Bonchev–Trinajstić information content (AvgIpc) is 2.35. The molecule has 0 saturated carbocycles. The zero-order valence-corrected chi connectivity index (χ0v) is 11.3. The number of carbonyl (C=O) groups excluding carboxylic acids is 1. The number of rotatable bonds is 6. The molecule has 5 nitrogen and oxygen atoms in total. The van der Waals surface area contributed by atoms with Crippen LogP contribution in [0.4, 0.5) is 4.79 Å². The highest BCUT2D eigenvalue weighted by atomic mass is 16.4. The van der Waals surface area contributed by atoms with Gasteiger partial charge >= 0.3 is 12.0 Å². The van der Waals surface area contributed by atoms with E-state index in [4.69, 9.17) is 5.11 Å². The topological polar surface area (TPSA) is 69.6 Å². The third kappa shape index (κ3) is 5.90. The minimum absolute atomic E-state index is 0.224. The molecule has 19 heavy (non-hydrogen) atoms. The van der Waals surface area contributed by atoms with Crippen molar-refractivity contribution in [1.82, 2.24) is 10.2 Å². The van der Waals surface area contributed by atoms with Crippen molar-refractivity contribution < 1.29 is 14.7 Å². The quantitative estimate of drug-likeness (QED) is 0.825. The summed E-state index contributed by atoms with van der Waals surface area (Å²) >= 11 is 0. The van der Waals surface area contributed by atoms with E-state index in [-0.39, 0.29) is 18.5 Å². The van der Waals surface area contributed by atoms with Crippen LogP contribution in [0.25, 0.3) is 0 Å². The third-order valence-electron chi connectivity index (χ3n) is 2.49. The summed E-state index contributed by atoms with van der Waals surface area (Å²) in [4.78, 5) is 24.0. The van der Waals surface area contributed by atoms with Crippen LogP contribution in [0.1, 0.15) is 19.4 Å². The maximum absolute atomic E-state index is 11.9. The smallest absolute Gasteiger partial charge is 0.323 e. The van der Waals surface area contributed by atoms with E-state index < -0.39 is 5.97 Å². The molecule has 0 spiro atoms. The Bertz CT molecular complexity index is 418. The monoisotopic (exact) mass is 264 g/mol. The number of urea groups is 1. The van der Waals surface area contributed by atoms with Crippen LogP contribution in [0.15, 0.2) is 30.3 Å². The summed E-state index contributed by atoms with van der Waals surface area (Å²) < 4.78 is 0. The van der Waals surface area contributed by atoms with E-state index in [1.165, 1.54) is 4.90 Å². The van der Waals surface area contributed by atoms with Crippen LogP contribution in [-0.4, -0.2) is 35.1 Å². The Balaban J connectivity index is 2.54. The number of hydrogen-bond donors (Lipinski definition) is 2. The fourth-order valence-electron chi connectivity index (χ4n) is 1.71. The molecule has 0 fully saturated rings. The van der Waals surface area contributed by atoms with Gasteiger partial charge in [0.15, 0.2) is 0 Å². The molecule has 0 radical (unpaired) electrons. The molecule has 0 bridgehead atoms. The van der Waals surface area contributed by atoms with E-state index in [9.17, 15) is 9.59 Å². The van der Waals surface area contributed by atoms with Gasteiger partial charge in [0, 0.05) is 13.1 Å². The fraction of sp³-hybridized carbons (Fsp3) is 0.429. The molecule has 0 unspecified atom stereocenters. The number of carboxylic acids is 1. The Labute approximate surface area is 113 Å². The average molecular weight is 264 g/mol. The van der Waals surface area contributed by atoms with E-state index in [0.717, 1.165) is 5.56 Å². The molecule has 1 rings (SSSR count). The number of nitrogens with zero attached hydrogens (tertiary/aromatic N) is 1. The summed E-state index contributed by atoms with van der Waals surface area (Å²) in [5, 5.41) is 11.5. The minimum Gasteiger partial charge on any atom is -0.480 e. The lowest BCUT2D eigenvalue weighted by Gasteiger charge is -2.23. The summed E-state index contributed by atoms with van der Waals surface area (Å²) in [5.41, 5.74) is 0.982. The highest BCUT2D eigenvalue weighted by molar-refractivity contribution is 5.80. The second kappa shape index (κ2) is 7.41. The Kier molecular flexibility index (Phi) is 5.85. The van der Waals surface area contributed by atoms with Crippen molar-refractivity contribution in [2.24, 2.45) is 5.92 Å². The molecule has 2 N–H and O–H groups in total. The van der Waals surface area contributed by atoms with E-state index in [1.807, 2.05) is 44.2 Å². The van der Waals surface area contributed by atoms with Crippen LogP contribution in [-0.2, 0) is 11.3 Å². The lowest BCUT2D eigenvalue weighted by Crippen LogP contribution is -2.44. The molecule has 0 atom stereocenters. The predicted molar refractivity (Wildman–Crippen MR) is 72.7 cm³/mol. The van der Waals surface area contributed by atoms with Crippen molar-refractivity contribution in [3.63, 3.8) is 0 Å². The van der Waals surface area contributed by atoms with Gasteiger partial charge in [-0.05, 0) is 11.5 Å². The normalized spacial score (nSPS) is 10.3. The molecule has 0 saturated heterocycles. The van der Waals surface area contributed by atoms with E-state index in [1.54, 1.807) is 0 Å². The van der Waals surface area contributed by atoms with Crippen LogP contribution in [0, 0.1) is 5.92 Å². The van der Waals surface area contributed by atoms with E-state index in [2.05, 4.69) is 5.32 Å². The molecule has 1 aromatic rings. The lowest BCUT2D eigenvalue weighted by atomic mass is 10.2. The number of nitrogens with one attached hydrogen (secondary N) is 1. The van der Waals surface area contributed by atoms with Gasteiger partial charge in [-0.1, -0.05) is 44.2 Å². The molecule has 0 aromatic heterocycles. The Morgan fingerprint density at radius 2 is 1.89 bits per heavy atom. The SMILES string of the molecule is CC(C)CN(CC(=O)O)C(=O)NCc1ccccc1. The van der Waals surface area contributed by atoms with Gasteiger partial charge in [0.2, 0.25) is 0 Å². The Morgan fingerprint density at radius 3 is 2.42 bits per heavy atom. The molecular formula is C14H20N2O3. The summed E-state index contributed by atoms with van der Waals surface area (Å²) in [6.45, 7) is 4.43. The first kappa shape index (κ1) is 15.0. The molecule has 104 valence electrons. The highest BCUT2D eigenvalue weighted by Gasteiger charge is 2.17. The molecular weight excluding hydrogens is 244 g/mol. The van der Waals surface area contributed by atoms with Gasteiger partial charge in [0.1, 0.15) is 6.54 Å². The standard InChI is InChI=1S/C14H20N2O3/c1-11(2)9-16(10-13(17)18)14(19)15-8-12-6-4-3-5-7-12/h3-7,11H,8-10H2,1-2H3,(H,15,19)(H,17,18). The highest BCUT2D eigenvalue weighted by Crippen LogP contribution is 2.01. The van der Waals surface area contributed by atoms with Crippen LogP contribution in [0.3, 0.4) is 0 Å². The first-order chi connectivity index (χ1) is 8.99. The summed E-state index contributed by atoms with van der Waals surface area (Å²) in [6, 6.07) is 9.16. The Hall–Kier alpha value is -2.04. The molecule has 1 aromatic carbocycles. The largest absolute Gasteiger partial charge is 0.480 e. The van der Waals surface area contributed by atoms with Gasteiger partial charge in [0.25, 0.3) is 0 Å². The van der Waals surface area contributed by atoms with Crippen LogP contribution in [0.5, 0.6) is 0 Å². The van der Waals surface area contributed by atoms with Crippen LogP contribution >= 0.6 is 0 Å².